The van der Waals surface area contributed by atoms with Crippen LogP contribution in [0.25, 0.3) is 0 Å². The maximum Gasteiger partial charge on any atom is 0.115 e. The van der Waals surface area contributed by atoms with Gasteiger partial charge in [0.2, 0.25) is 0 Å². The van der Waals surface area contributed by atoms with Crippen molar-refractivity contribution < 1.29 is 5.11 Å². The van der Waals surface area contributed by atoms with Gasteiger partial charge in [0, 0.05) is 22.8 Å². The van der Waals surface area contributed by atoms with Crippen LogP contribution in [0, 0.1) is 0 Å². The molecule has 0 saturated carbocycles. The largest absolute Gasteiger partial charge is 0.508 e. The molecule has 0 aromatic heterocycles. The van der Waals surface area contributed by atoms with Crippen molar-refractivity contribution in [1.82, 2.24) is 5.32 Å². The lowest BCUT2D eigenvalue weighted by Crippen LogP contribution is -2.33. The lowest BCUT2D eigenvalue weighted by atomic mass is 10.1. The third-order valence-corrected chi connectivity index (χ3v) is 4.76. The van der Waals surface area contributed by atoms with Gasteiger partial charge in [0.05, 0.1) is 0 Å². The summed E-state index contributed by atoms with van der Waals surface area (Å²) < 4.78 is 1.06. The fraction of sp³-hybridized carbons (Fsp3) is 0.500. The Morgan fingerprint density at radius 1 is 1.50 bits per heavy atom. The van der Waals surface area contributed by atoms with E-state index in [1.165, 1.54) is 24.3 Å². The summed E-state index contributed by atoms with van der Waals surface area (Å²) in [6.45, 7) is 0.820. The van der Waals surface area contributed by atoms with E-state index in [0.717, 1.165) is 16.6 Å². The van der Waals surface area contributed by atoms with Gasteiger partial charge >= 0.3 is 0 Å². The number of nitrogens with one attached hydrogen (secondary N) is 1. The standard InChI is InChI=1S/C12H16BrNOS/c13-12-4-3-11(15)6-9(12)7-14-10-2-1-5-16-8-10/h3-4,6,10,14-15H,1-2,5,7-8H2. The highest BCUT2D eigenvalue weighted by Crippen LogP contribution is 2.22. The fourth-order valence-corrected chi connectivity index (χ4v) is 3.35. The van der Waals surface area contributed by atoms with Crippen molar-refractivity contribution in [2.75, 3.05) is 11.5 Å². The normalized spacial score (nSPS) is 20.9. The third kappa shape index (κ3) is 3.40. The summed E-state index contributed by atoms with van der Waals surface area (Å²) in [5.41, 5.74) is 1.12. The number of phenolic OH excluding ortho intramolecular Hbond substituents is 1. The van der Waals surface area contributed by atoms with Crippen LogP contribution in [0.5, 0.6) is 5.75 Å². The molecule has 1 heterocycles. The first-order chi connectivity index (χ1) is 7.75. The summed E-state index contributed by atoms with van der Waals surface area (Å²) in [4.78, 5) is 0. The first kappa shape index (κ1) is 12.3. The second-order valence-electron chi connectivity index (χ2n) is 4.07. The molecule has 2 N–H and O–H groups in total. The average molecular weight is 302 g/mol. The molecule has 1 aromatic carbocycles. The van der Waals surface area contributed by atoms with Crippen LogP contribution in [0.15, 0.2) is 22.7 Å². The maximum atomic E-state index is 9.42. The van der Waals surface area contributed by atoms with Crippen LogP contribution in [-0.4, -0.2) is 22.7 Å². The Morgan fingerprint density at radius 3 is 3.12 bits per heavy atom. The van der Waals surface area contributed by atoms with Gasteiger partial charge in [0.1, 0.15) is 5.75 Å². The van der Waals surface area contributed by atoms with Crippen molar-refractivity contribution in [2.24, 2.45) is 0 Å². The van der Waals surface area contributed by atoms with Gasteiger partial charge in [-0.2, -0.15) is 11.8 Å². The fourth-order valence-electron chi connectivity index (χ4n) is 1.85. The molecule has 1 aliphatic rings. The molecule has 1 aromatic rings. The summed E-state index contributed by atoms with van der Waals surface area (Å²) in [7, 11) is 0. The van der Waals surface area contributed by atoms with E-state index in [2.05, 4.69) is 21.2 Å². The van der Waals surface area contributed by atoms with Crippen molar-refractivity contribution in [1.29, 1.82) is 0 Å². The maximum absolute atomic E-state index is 9.42. The van der Waals surface area contributed by atoms with E-state index in [-0.39, 0.29) is 0 Å². The summed E-state index contributed by atoms with van der Waals surface area (Å²) in [6.07, 6.45) is 2.58. The molecule has 0 aliphatic carbocycles. The van der Waals surface area contributed by atoms with E-state index >= 15 is 0 Å². The van der Waals surface area contributed by atoms with Crippen LogP contribution in [0.4, 0.5) is 0 Å². The molecule has 2 rings (SSSR count). The number of hydrogen-bond donors (Lipinski definition) is 2. The molecule has 0 amide bonds. The second-order valence-corrected chi connectivity index (χ2v) is 6.07. The molecule has 0 spiro atoms. The minimum Gasteiger partial charge on any atom is -0.508 e. The smallest absolute Gasteiger partial charge is 0.115 e. The summed E-state index contributed by atoms with van der Waals surface area (Å²) in [5, 5.41) is 13.0. The van der Waals surface area contributed by atoms with Gasteiger partial charge in [-0.1, -0.05) is 15.9 Å². The van der Waals surface area contributed by atoms with Gasteiger partial charge in [-0.05, 0) is 42.4 Å². The molecule has 1 fully saturated rings. The Bertz CT molecular complexity index is 353. The van der Waals surface area contributed by atoms with Crippen molar-refractivity contribution in [3.8, 4) is 5.75 Å². The van der Waals surface area contributed by atoms with Crippen LogP contribution < -0.4 is 5.32 Å². The minimum absolute atomic E-state index is 0.331. The Balaban J connectivity index is 1.90. The number of benzene rings is 1. The van der Waals surface area contributed by atoms with Crippen LogP contribution in [-0.2, 0) is 6.54 Å². The van der Waals surface area contributed by atoms with Crippen molar-refractivity contribution in [3.05, 3.63) is 28.2 Å². The second kappa shape index (κ2) is 5.94. The summed E-state index contributed by atoms with van der Waals surface area (Å²) in [6, 6.07) is 6.02. The molecule has 0 radical (unpaired) electrons. The highest BCUT2D eigenvalue weighted by molar-refractivity contribution is 9.10. The lowest BCUT2D eigenvalue weighted by molar-refractivity contribution is 0.471. The molecule has 0 bridgehead atoms. The zero-order chi connectivity index (χ0) is 11.4. The molecule has 1 atom stereocenters. The Labute approximate surface area is 109 Å². The highest BCUT2D eigenvalue weighted by atomic mass is 79.9. The van der Waals surface area contributed by atoms with Crippen molar-refractivity contribution in [2.45, 2.75) is 25.4 Å². The van der Waals surface area contributed by atoms with E-state index in [1.807, 2.05) is 23.9 Å². The van der Waals surface area contributed by atoms with Crippen LogP contribution in [0.2, 0.25) is 0 Å². The van der Waals surface area contributed by atoms with Crippen LogP contribution in [0.1, 0.15) is 18.4 Å². The van der Waals surface area contributed by atoms with Crippen molar-refractivity contribution >= 4 is 27.7 Å². The number of halogens is 1. The van der Waals surface area contributed by atoms with E-state index < -0.39 is 0 Å². The number of thioether (sulfide) groups is 1. The Hall–Kier alpha value is -0.190. The number of rotatable bonds is 3. The zero-order valence-corrected chi connectivity index (χ0v) is 11.5. The minimum atomic E-state index is 0.331. The van der Waals surface area contributed by atoms with Gasteiger partial charge in [0.25, 0.3) is 0 Å². The van der Waals surface area contributed by atoms with Gasteiger partial charge in [-0.3, -0.25) is 0 Å². The summed E-state index contributed by atoms with van der Waals surface area (Å²) in [5.74, 6) is 2.84. The molecular weight excluding hydrogens is 286 g/mol. The summed E-state index contributed by atoms with van der Waals surface area (Å²) >= 11 is 5.52. The third-order valence-electron chi connectivity index (χ3n) is 2.77. The Morgan fingerprint density at radius 2 is 2.38 bits per heavy atom. The molecular formula is C12H16BrNOS. The first-order valence-corrected chi connectivity index (χ1v) is 7.49. The molecule has 16 heavy (non-hydrogen) atoms. The van der Waals surface area contributed by atoms with Gasteiger partial charge in [-0.15, -0.1) is 0 Å². The van der Waals surface area contributed by atoms with E-state index in [4.69, 9.17) is 0 Å². The first-order valence-electron chi connectivity index (χ1n) is 5.54. The SMILES string of the molecule is Oc1ccc(Br)c(CNC2CCCSC2)c1. The molecule has 4 heteroatoms. The predicted octanol–water partition coefficient (Wildman–Crippen LogP) is 3.14. The van der Waals surface area contributed by atoms with Crippen molar-refractivity contribution in [3.63, 3.8) is 0 Å². The molecule has 1 saturated heterocycles. The van der Waals surface area contributed by atoms with Gasteiger partial charge in [-0.25, -0.2) is 0 Å². The quantitative estimate of drug-likeness (QED) is 0.899. The molecule has 1 unspecified atom stereocenters. The Kier molecular flexibility index (Phi) is 4.55. The van der Waals surface area contributed by atoms with Gasteiger partial charge < -0.3 is 10.4 Å². The zero-order valence-electron chi connectivity index (χ0n) is 9.08. The topological polar surface area (TPSA) is 32.3 Å². The van der Waals surface area contributed by atoms with Crippen LogP contribution in [0.3, 0.4) is 0 Å². The van der Waals surface area contributed by atoms with E-state index in [9.17, 15) is 5.11 Å². The average Bonchev–Trinajstić information content (AvgIpc) is 2.32. The molecule has 2 nitrogen and oxygen atoms in total. The lowest BCUT2D eigenvalue weighted by Gasteiger charge is -2.22. The van der Waals surface area contributed by atoms with Gasteiger partial charge in [0.15, 0.2) is 0 Å². The molecule has 1 aliphatic heterocycles. The number of aromatic hydroxyl groups is 1. The monoisotopic (exact) mass is 301 g/mol. The van der Waals surface area contributed by atoms with E-state index in [1.54, 1.807) is 6.07 Å². The molecule has 88 valence electrons. The number of phenols is 1. The number of hydrogen-bond acceptors (Lipinski definition) is 3. The van der Waals surface area contributed by atoms with E-state index in [0.29, 0.717) is 11.8 Å². The predicted molar refractivity (Wildman–Crippen MR) is 73.0 cm³/mol. The highest BCUT2D eigenvalue weighted by Gasteiger charge is 2.13. The van der Waals surface area contributed by atoms with Crippen LogP contribution >= 0.6 is 27.7 Å².